The summed E-state index contributed by atoms with van der Waals surface area (Å²) >= 11 is 0. The number of alkyl carbamates (subject to hydrolysis) is 1. The van der Waals surface area contributed by atoms with E-state index in [1.165, 1.54) is 51.8 Å². The minimum Gasteiger partial charge on any atom is -0.497 e. The lowest BCUT2D eigenvalue weighted by molar-refractivity contribution is -0.385. The van der Waals surface area contributed by atoms with Crippen LogP contribution < -0.4 is 30.5 Å². The topological polar surface area (TPSA) is 231 Å². The highest BCUT2D eigenvalue weighted by atomic mass is 16.6. The van der Waals surface area contributed by atoms with Crippen molar-refractivity contribution in [2.45, 2.75) is 13.2 Å². The number of carboxylic acid groups (broad SMARTS) is 1. The van der Waals surface area contributed by atoms with Crippen molar-refractivity contribution in [3.8, 4) is 17.2 Å². The number of nitro benzene ring substituents is 1. The fourth-order valence-electron chi connectivity index (χ4n) is 3.93. The van der Waals surface area contributed by atoms with Crippen molar-refractivity contribution >= 4 is 35.4 Å². The predicted molar refractivity (Wildman–Crippen MR) is 158 cm³/mol. The molecule has 3 aromatic rings. The Morgan fingerprint density at radius 2 is 1.70 bits per heavy atom. The molecule has 3 amide bonds. The molecule has 18 heteroatoms. The van der Waals surface area contributed by atoms with E-state index in [0.29, 0.717) is 5.75 Å². The van der Waals surface area contributed by atoms with Crippen LogP contribution in [0.3, 0.4) is 0 Å². The maximum atomic E-state index is 12.9. The number of nitro groups is 1. The van der Waals surface area contributed by atoms with Gasteiger partial charge in [0, 0.05) is 24.8 Å². The molecule has 0 aliphatic carbocycles. The zero-order valence-corrected chi connectivity index (χ0v) is 24.9. The fourth-order valence-corrected chi connectivity index (χ4v) is 3.93. The number of nitrogens with one attached hydrogen (secondary N) is 2. The number of aliphatic carboxylic acids is 1. The number of carbonyl (C=O) groups excluding carboxylic acids is 3. The van der Waals surface area contributed by atoms with Gasteiger partial charge in [-0.25, -0.2) is 9.59 Å². The molecule has 0 aliphatic heterocycles. The minimum atomic E-state index is -1.35. The molecule has 18 nitrogen and oxygen atoms in total. The Hall–Kier alpha value is -6.20. The van der Waals surface area contributed by atoms with Gasteiger partial charge in [0.25, 0.3) is 11.6 Å². The van der Waals surface area contributed by atoms with E-state index in [4.69, 9.17) is 18.9 Å². The predicted octanol–water partition coefficient (Wildman–Crippen LogP) is 1.27. The Labute approximate surface area is 260 Å². The first kappa shape index (κ1) is 34.3. The van der Waals surface area contributed by atoms with Gasteiger partial charge < -0.3 is 39.6 Å². The molecular formula is C28H30N6O12. The standard InChI is InChI=1S/C28H30N6O12/c1-43-19-6-4-17(5-7-19)26(38)30-23-8-10-33(27(39)31-23)14-24(35)32(15-25(36)37)11-9-29-28(40)46-16-18-12-21(44-2)22(45-3)13-20(18)34(41)42/h4-8,10,12-13H,9,11,14-16H2,1-3H3,(H,29,40)(H,36,37)(H,30,31,38,39). The number of ether oxygens (including phenoxy) is 4. The molecule has 0 saturated heterocycles. The summed E-state index contributed by atoms with van der Waals surface area (Å²) in [5.74, 6) is -1.90. The number of benzene rings is 2. The monoisotopic (exact) mass is 642 g/mol. The van der Waals surface area contributed by atoms with Crippen LogP contribution in [0.5, 0.6) is 17.2 Å². The van der Waals surface area contributed by atoms with E-state index in [1.54, 1.807) is 12.1 Å². The number of methoxy groups -OCH3 is 3. The van der Waals surface area contributed by atoms with Gasteiger partial charge >= 0.3 is 17.8 Å². The molecule has 0 fully saturated rings. The van der Waals surface area contributed by atoms with Crippen LogP contribution >= 0.6 is 0 Å². The number of hydrogen-bond acceptors (Lipinski definition) is 12. The molecule has 0 spiro atoms. The fraction of sp³-hybridized carbons (Fsp3) is 0.286. The van der Waals surface area contributed by atoms with Gasteiger partial charge in [-0.05, 0) is 36.4 Å². The molecule has 1 heterocycles. The van der Waals surface area contributed by atoms with Crippen molar-refractivity contribution in [1.82, 2.24) is 19.8 Å². The van der Waals surface area contributed by atoms with Crippen LogP contribution in [0.4, 0.5) is 16.3 Å². The van der Waals surface area contributed by atoms with Gasteiger partial charge in [-0.3, -0.25) is 29.1 Å². The second-order valence-corrected chi connectivity index (χ2v) is 9.21. The number of aromatic nitrogens is 2. The third-order valence-electron chi connectivity index (χ3n) is 6.24. The number of carbonyl (C=O) groups is 4. The largest absolute Gasteiger partial charge is 0.497 e. The average Bonchev–Trinajstić information content (AvgIpc) is 3.03. The van der Waals surface area contributed by atoms with Crippen molar-refractivity contribution in [1.29, 1.82) is 0 Å². The quantitative estimate of drug-likeness (QED) is 0.157. The van der Waals surface area contributed by atoms with E-state index >= 15 is 0 Å². The maximum Gasteiger partial charge on any atom is 0.407 e. The summed E-state index contributed by atoms with van der Waals surface area (Å²) in [5, 5.41) is 25.5. The number of amides is 3. The number of hydrogen-bond donors (Lipinski definition) is 3. The van der Waals surface area contributed by atoms with Crippen molar-refractivity contribution in [3.63, 3.8) is 0 Å². The van der Waals surface area contributed by atoms with Gasteiger partial charge in [-0.15, -0.1) is 0 Å². The van der Waals surface area contributed by atoms with Crippen LogP contribution in [0.2, 0.25) is 0 Å². The Morgan fingerprint density at radius 3 is 2.28 bits per heavy atom. The second-order valence-electron chi connectivity index (χ2n) is 9.21. The van der Waals surface area contributed by atoms with E-state index in [1.807, 2.05) is 0 Å². The van der Waals surface area contributed by atoms with Crippen LogP contribution in [0.25, 0.3) is 0 Å². The van der Waals surface area contributed by atoms with Crippen molar-refractivity contribution in [2.75, 3.05) is 46.3 Å². The lowest BCUT2D eigenvalue weighted by Gasteiger charge is -2.21. The summed E-state index contributed by atoms with van der Waals surface area (Å²) in [7, 11) is 4.12. The van der Waals surface area contributed by atoms with Crippen LogP contribution in [0.15, 0.2) is 53.5 Å². The smallest absolute Gasteiger partial charge is 0.407 e. The highest BCUT2D eigenvalue weighted by Gasteiger charge is 2.22. The van der Waals surface area contributed by atoms with Gasteiger partial charge in [-0.1, -0.05) is 0 Å². The second kappa shape index (κ2) is 16.0. The summed E-state index contributed by atoms with van der Waals surface area (Å²) in [6.45, 7) is -2.37. The summed E-state index contributed by atoms with van der Waals surface area (Å²) < 4.78 is 21.2. The maximum absolute atomic E-state index is 12.9. The molecule has 3 rings (SSSR count). The molecule has 1 aromatic heterocycles. The van der Waals surface area contributed by atoms with Crippen LogP contribution in [-0.4, -0.2) is 89.3 Å². The first-order valence-corrected chi connectivity index (χ1v) is 13.3. The molecular weight excluding hydrogens is 612 g/mol. The summed E-state index contributed by atoms with van der Waals surface area (Å²) in [4.78, 5) is 76.8. The molecule has 0 atom stereocenters. The highest BCUT2D eigenvalue weighted by molar-refractivity contribution is 6.03. The van der Waals surface area contributed by atoms with E-state index in [2.05, 4.69) is 15.6 Å². The van der Waals surface area contributed by atoms with Crippen LogP contribution in [0, 0.1) is 10.1 Å². The summed E-state index contributed by atoms with van der Waals surface area (Å²) in [6.07, 6.45) is 0.207. The molecule has 0 saturated carbocycles. The number of rotatable bonds is 15. The zero-order chi connectivity index (χ0) is 33.8. The summed E-state index contributed by atoms with van der Waals surface area (Å²) in [5.41, 5.74) is -0.958. The first-order chi connectivity index (χ1) is 21.9. The van der Waals surface area contributed by atoms with Crippen LogP contribution in [0.1, 0.15) is 15.9 Å². The van der Waals surface area contributed by atoms with E-state index < -0.39 is 54.2 Å². The van der Waals surface area contributed by atoms with Crippen molar-refractivity contribution < 1.29 is 48.2 Å². The third kappa shape index (κ3) is 9.40. The zero-order valence-electron chi connectivity index (χ0n) is 24.9. The van der Waals surface area contributed by atoms with Gasteiger partial charge in [-0.2, -0.15) is 4.98 Å². The van der Waals surface area contributed by atoms with E-state index in [0.717, 1.165) is 15.5 Å². The third-order valence-corrected chi connectivity index (χ3v) is 6.24. The first-order valence-electron chi connectivity index (χ1n) is 13.3. The Morgan fingerprint density at radius 1 is 1.02 bits per heavy atom. The van der Waals surface area contributed by atoms with Gasteiger partial charge in [0.05, 0.1) is 37.9 Å². The molecule has 0 aliphatic rings. The molecule has 2 aromatic carbocycles. The lowest BCUT2D eigenvalue weighted by Crippen LogP contribution is -2.44. The van der Waals surface area contributed by atoms with Crippen LogP contribution in [-0.2, 0) is 27.5 Å². The molecule has 0 unspecified atom stereocenters. The molecule has 244 valence electrons. The SMILES string of the molecule is COc1ccc(C(=O)Nc2ccn(CC(=O)N(CCNC(=O)OCc3cc(OC)c(OC)cc3[N+](=O)[O-])CC(=O)O)c(=O)n2)cc1. The van der Waals surface area contributed by atoms with Crippen molar-refractivity contribution in [3.05, 3.63) is 80.4 Å². The van der Waals surface area contributed by atoms with Gasteiger partial charge in [0.2, 0.25) is 5.91 Å². The number of anilines is 1. The normalized spacial score (nSPS) is 10.3. The highest BCUT2D eigenvalue weighted by Crippen LogP contribution is 2.34. The van der Waals surface area contributed by atoms with E-state index in [-0.39, 0.29) is 47.2 Å². The molecule has 46 heavy (non-hydrogen) atoms. The Bertz CT molecular complexity index is 1660. The Kier molecular flexibility index (Phi) is 12.0. The summed E-state index contributed by atoms with van der Waals surface area (Å²) in [6, 6.07) is 9.91. The number of nitrogens with zero attached hydrogens (tertiary/aromatic N) is 4. The van der Waals surface area contributed by atoms with E-state index in [9.17, 15) is 39.2 Å². The molecule has 0 bridgehead atoms. The minimum absolute atomic E-state index is 0.0193. The Balaban J connectivity index is 1.57. The molecule has 0 radical (unpaired) electrons. The lowest BCUT2D eigenvalue weighted by atomic mass is 10.1. The number of carboxylic acids is 1. The van der Waals surface area contributed by atoms with Gasteiger partial charge in [0.15, 0.2) is 11.5 Å². The van der Waals surface area contributed by atoms with Crippen molar-refractivity contribution in [2.24, 2.45) is 0 Å². The average molecular weight is 643 g/mol. The molecule has 3 N–H and O–H groups in total. The van der Waals surface area contributed by atoms with Gasteiger partial charge in [0.1, 0.15) is 31.3 Å².